The molecule has 0 atom stereocenters. The first-order valence-corrected chi connectivity index (χ1v) is 8.43. The molecule has 0 bridgehead atoms. The molecule has 0 spiro atoms. The normalized spacial score (nSPS) is 10.4. The van der Waals surface area contributed by atoms with E-state index in [9.17, 15) is 4.79 Å². The highest BCUT2D eigenvalue weighted by atomic mass is 35.5. The standard InChI is InChI=1S/C19H15Cl2NO4/c1-24-14-5-3-13(4-6-14)22-19(23)18-9-7-15(26-18)11-25-17-8-2-12(20)10-16(17)21/h2-10H,11H2,1H3,(H,22,23). The molecule has 0 aliphatic heterocycles. The monoisotopic (exact) mass is 391 g/mol. The molecule has 0 saturated heterocycles. The lowest BCUT2D eigenvalue weighted by Crippen LogP contribution is -2.10. The Morgan fingerprint density at radius 1 is 1.08 bits per heavy atom. The predicted molar refractivity (Wildman–Crippen MR) is 100 cm³/mol. The molecule has 1 aromatic heterocycles. The van der Waals surface area contributed by atoms with Crippen LogP contribution < -0.4 is 14.8 Å². The number of ether oxygens (including phenoxy) is 2. The second kappa shape index (κ2) is 8.17. The van der Waals surface area contributed by atoms with Gasteiger partial charge in [-0.25, -0.2) is 0 Å². The van der Waals surface area contributed by atoms with E-state index in [4.69, 9.17) is 37.1 Å². The molecule has 0 fully saturated rings. The second-order valence-corrected chi connectivity index (χ2v) is 6.16. The van der Waals surface area contributed by atoms with E-state index in [0.29, 0.717) is 33.0 Å². The van der Waals surface area contributed by atoms with Crippen molar-refractivity contribution in [3.8, 4) is 11.5 Å². The van der Waals surface area contributed by atoms with E-state index in [1.54, 1.807) is 61.7 Å². The SMILES string of the molecule is COc1ccc(NC(=O)c2ccc(COc3ccc(Cl)cc3Cl)o2)cc1. The minimum absolute atomic E-state index is 0.136. The van der Waals surface area contributed by atoms with Gasteiger partial charge in [-0.2, -0.15) is 0 Å². The van der Waals surface area contributed by atoms with Crippen molar-refractivity contribution >= 4 is 34.8 Å². The van der Waals surface area contributed by atoms with Crippen LogP contribution in [0.5, 0.6) is 11.5 Å². The first-order chi connectivity index (χ1) is 12.5. The summed E-state index contributed by atoms with van der Waals surface area (Å²) in [6.45, 7) is 0.136. The number of halogens is 2. The number of benzene rings is 2. The third-order valence-electron chi connectivity index (χ3n) is 3.50. The number of hydrogen-bond acceptors (Lipinski definition) is 4. The molecular formula is C19H15Cl2NO4. The van der Waals surface area contributed by atoms with Crippen LogP contribution in [0.1, 0.15) is 16.3 Å². The van der Waals surface area contributed by atoms with Gasteiger partial charge in [0, 0.05) is 10.7 Å². The fraction of sp³-hybridized carbons (Fsp3) is 0.105. The quantitative estimate of drug-likeness (QED) is 0.608. The summed E-state index contributed by atoms with van der Waals surface area (Å²) in [5.41, 5.74) is 0.637. The molecule has 134 valence electrons. The first-order valence-electron chi connectivity index (χ1n) is 7.67. The molecule has 5 nitrogen and oxygen atoms in total. The van der Waals surface area contributed by atoms with Crippen LogP contribution in [0.15, 0.2) is 59.0 Å². The fourth-order valence-electron chi connectivity index (χ4n) is 2.19. The Morgan fingerprint density at radius 3 is 2.54 bits per heavy atom. The number of anilines is 1. The molecule has 2 aromatic carbocycles. The summed E-state index contributed by atoms with van der Waals surface area (Å²) in [6.07, 6.45) is 0. The van der Waals surface area contributed by atoms with Gasteiger partial charge in [0.05, 0.1) is 12.1 Å². The van der Waals surface area contributed by atoms with Crippen molar-refractivity contribution in [1.29, 1.82) is 0 Å². The van der Waals surface area contributed by atoms with E-state index in [-0.39, 0.29) is 18.3 Å². The van der Waals surface area contributed by atoms with Gasteiger partial charge in [-0.05, 0) is 54.6 Å². The van der Waals surface area contributed by atoms with E-state index in [1.165, 1.54) is 0 Å². The Kier molecular flexibility index (Phi) is 5.71. The van der Waals surface area contributed by atoms with E-state index in [1.807, 2.05) is 0 Å². The maximum atomic E-state index is 12.2. The second-order valence-electron chi connectivity index (χ2n) is 5.31. The van der Waals surface area contributed by atoms with Crippen LogP contribution in [0.3, 0.4) is 0 Å². The van der Waals surface area contributed by atoms with Crippen molar-refractivity contribution in [2.45, 2.75) is 6.61 Å². The summed E-state index contributed by atoms with van der Waals surface area (Å²) in [5, 5.41) is 3.68. The highest BCUT2D eigenvalue weighted by Gasteiger charge is 2.12. The molecule has 3 rings (SSSR count). The summed E-state index contributed by atoms with van der Waals surface area (Å²) in [4.78, 5) is 12.2. The Hall–Kier alpha value is -2.63. The zero-order valence-corrected chi connectivity index (χ0v) is 15.3. The first kappa shape index (κ1) is 18.2. The number of amides is 1. The molecule has 0 saturated carbocycles. The van der Waals surface area contributed by atoms with Crippen LogP contribution in [-0.4, -0.2) is 13.0 Å². The number of hydrogen-bond donors (Lipinski definition) is 1. The molecule has 1 heterocycles. The number of carbonyl (C=O) groups excluding carboxylic acids is 1. The zero-order chi connectivity index (χ0) is 18.5. The predicted octanol–water partition coefficient (Wildman–Crippen LogP) is 5.43. The van der Waals surface area contributed by atoms with Crippen molar-refractivity contribution in [1.82, 2.24) is 0 Å². The Labute approximate surface area is 160 Å². The summed E-state index contributed by atoms with van der Waals surface area (Å²) < 4.78 is 16.2. The number of nitrogens with one attached hydrogen (secondary N) is 1. The summed E-state index contributed by atoms with van der Waals surface area (Å²) in [7, 11) is 1.58. The number of rotatable bonds is 6. The van der Waals surface area contributed by atoms with Gasteiger partial charge in [0.15, 0.2) is 5.76 Å². The van der Waals surface area contributed by atoms with Gasteiger partial charge in [-0.3, -0.25) is 4.79 Å². The van der Waals surface area contributed by atoms with Crippen LogP contribution in [0.4, 0.5) is 5.69 Å². The van der Waals surface area contributed by atoms with Gasteiger partial charge in [-0.15, -0.1) is 0 Å². The number of methoxy groups -OCH3 is 1. The molecule has 7 heteroatoms. The maximum absolute atomic E-state index is 12.2. The van der Waals surface area contributed by atoms with Gasteiger partial charge in [0.1, 0.15) is 23.9 Å². The van der Waals surface area contributed by atoms with Crippen molar-refractivity contribution in [3.63, 3.8) is 0 Å². The third kappa shape index (κ3) is 4.50. The Morgan fingerprint density at radius 2 is 1.85 bits per heavy atom. The van der Waals surface area contributed by atoms with Crippen LogP contribution in [0.2, 0.25) is 10.0 Å². The molecule has 0 aliphatic carbocycles. The Balaban J connectivity index is 1.60. The lowest BCUT2D eigenvalue weighted by molar-refractivity contribution is 0.0992. The van der Waals surface area contributed by atoms with E-state index < -0.39 is 0 Å². The van der Waals surface area contributed by atoms with E-state index in [2.05, 4.69) is 5.32 Å². The van der Waals surface area contributed by atoms with Gasteiger partial charge in [0.25, 0.3) is 5.91 Å². The van der Waals surface area contributed by atoms with Crippen molar-refractivity contribution in [2.75, 3.05) is 12.4 Å². The zero-order valence-electron chi connectivity index (χ0n) is 13.8. The smallest absolute Gasteiger partial charge is 0.291 e. The van der Waals surface area contributed by atoms with Crippen LogP contribution in [0, 0.1) is 0 Å². The number of carbonyl (C=O) groups is 1. The molecule has 0 radical (unpaired) electrons. The highest BCUT2D eigenvalue weighted by molar-refractivity contribution is 6.35. The molecule has 26 heavy (non-hydrogen) atoms. The van der Waals surface area contributed by atoms with Gasteiger partial charge < -0.3 is 19.2 Å². The van der Waals surface area contributed by atoms with Crippen LogP contribution in [0.25, 0.3) is 0 Å². The van der Waals surface area contributed by atoms with Gasteiger partial charge in [0.2, 0.25) is 0 Å². The molecule has 3 aromatic rings. The van der Waals surface area contributed by atoms with E-state index in [0.717, 1.165) is 0 Å². The van der Waals surface area contributed by atoms with Gasteiger partial charge in [-0.1, -0.05) is 23.2 Å². The summed E-state index contributed by atoms with van der Waals surface area (Å²) >= 11 is 11.9. The average molecular weight is 392 g/mol. The lowest BCUT2D eigenvalue weighted by atomic mass is 10.3. The van der Waals surface area contributed by atoms with Crippen molar-refractivity contribution in [2.24, 2.45) is 0 Å². The molecule has 0 aliphatic rings. The van der Waals surface area contributed by atoms with Crippen molar-refractivity contribution < 1.29 is 18.7 Å². The molecular weight excluding hydrogens is 377 g/mol. The Bertz CT molecular complexity index is 906. The topological polar surface area (TPSA) is 60.7 Å². The number of furan rings is 1. The highest BCUT2D eigenvalue weighted by Crippen LogP contribution is 2.28. The largest absolute Gasteiger partial charge is 0.497 e. The third-order valence-corrected chi connectivity index (χ3v) is 4.03. The van der Waals surface area contributed by atoms with E-state index >= 15 is 0 Å². The lowest BCUT2D eigenvalue weighted by Gasteiger charge is -2.06. The molecule has 1 N–H and O–H groups in total. The minimum atomic E-state index is -0.356. The maximum Gasteiger partial charge on any atom is 0.291 e. The van der Waals surface area contributed by atoms with Gasteiger partial charge >= 0.3 is 0 Å². The minimum Gasteiger partial charge on any atom is -0.497 e. The molecule has 1 amide bonds. The summed E-state index contributed by atoms with van der Waals surface area (Å²) in [5.74, 6) is 1.52. The average Bonchev–Trinajstić information content (AvgIpc) is 3.11. The van der Waals surface area contributed by atoms with Crippen LogP contribution >= 0.6 is 23.2 Å². The van der Waals surface area contributed by atoms with Crippen LogP contribution in [-0.2, 0) is 6.61 Å². The fourth-order valence-corrected chi connectivity index (χ4v) is 2.65. The van der Waals surface area contributed by atoms with Crippen molar-refractivity contribution in [3.05, 3.63) is 76.2 Å². The molecule has 0 unspecified atom stereocenters. The summed E-state index contributed by atoms with van der Waals surface area (Å²) in [6, 6.07) is 15.2.